The molecule has 0 aromatic heterocycles. The van der Waals surface area contributed by atoms with E-state index in [1.165, 1.54) is 36.4 Å². The van der Waals surface area contributed by atoms with Gasteiger partial charge < -0.3 is 5.11 Å². The molecule has 0 heterocycles. The summed E-state index contributed by atoms with van der Waals surface area (Å²) in [6.45, 7) is 1.59. The number of phenolic OH excluding ortho intramolecular Hbond substituents is 1. The van der Waals surface area contributed by atoms with Gasteiger partial charge in [-0.25, -0.2) is 0 Å². The molecule has 138 valence electrons. The first kappa shape index (κ1) is 18.4. The highest BCUT2D eigenvalue weighted by Gasteiger charge is 2.14. The maximum atomic E-state index is 11.4. The Bertz CT molecular complexity index is 1200. The van der Waals surface area contributed by atoms with Crippen molar-refractivity contribution < 1.29 is 23.0 Å². The molecule has 10 heteroatoms. The molecule has 0 bridgehead atoms. The number of rotatable bonds is 4. The summed E-state index contributed by atoms with van der Waals surface area (Å²) in [5.74, 6) is -0.264. The van der Waals surface area contributed by atoms with Gasteiger partial charge in [0.25, 0.3) is 15.8 Å². The third kappa shape index (κ3) is 3.76. The number of hydrogen-bond donors (Lipinski definition) is 2. The maximum absolute atomic E-state index is 11.4. The molecule has 3 rings (SSSR count). The average molecular weight is 387 g/mol. The molecule has 0 saturated heterocycles. The lowest BCUT2D eigenvalue weighted by molar-refractivity contribution is -0.385. The van der Waals surface area contributed by atoms with Gasteiger partial charge in [0.1, 0.15) is 11.4 Å². The highest BCUT2D eigenvalue weighted by atomic mass is 32.2. The minimum atomic E-state index is -4.44. The Labute approximate surface area is 153 Å². The van der Waals surface area contributed by atoms with E-state index in [1.54, 1.807) is 13.0 Å². The van der Waals surface area contributed by atoms with Crippen molar-refractivity contribution in [2.45, 2.75) is 11.8 Å². The number of aromatic hydroxyl groups is 1. The van der Waals surface area contributed by atoms with E-state index < -0.39 is 15.0 Å². The fraction of sp³-hybridized carbons (Fsp3) is 0.0588. The van der Waals surface area contributed by atoms with Crippen molar-refractivity contribution in [1.82, 2.24) is 0 Å². The van der Waals surface area contributed by atoms with Crippen LogP contribution in [0.15, 0.2) is 63.7 Å². The SMILES string of the molecule is Cc1ccc(N=Nc2c(O)ccc3ccc(S(=O)(=O)O)cc23)cc1[N+](=O)[O-]. The molecule has 0 aliphatic carbocycles. The van der Waals surface area contributed by atoms with Crippen molar-refractivity contribution in [3.05, 3.63) is 64.2 Å². The number of azo groups is 1. The summed E-state index contributed by atoms with van der Waals surface area (Å²) in [6.07, 6.45) is 0. The molecule has 3 aromatic carbocycles. The molecular formula is C17H13N3O6S. The normalized spacial score (nSPS) is 11.9. The van der Waals surface area contributed by atoms with Crippen LogP contribution in [0.25, 0.3) is 10.8 Å². The van der Waals surface area contributed by atoms with Gasteiger partial charge in [0.15, 0.2) is 0 Å². The summed E-state index contributed by atoms with van der Waals surface area (Å²) in [4.78, 5) is 10.1. The van der Waals surface area contributed by atoms with Crippen LogP contribution in [0.1, 0.15) is 5.56 Å². The zero-order valence-electron chi connectivity index (χ0n) is 13.9. The Morgan fingerprint density at radius 1 is 1.04 bits per heavy atom. The fourth-order valence-corrected chi connectivity index (χ4v) is 3.01. The van der Waals surface area contributed by atoms with Gasteiger partial charge >= 0.3 is 0 Å². The average Bonchev–Trinajstić information content (AvgIpc) is 2.60. The fourth-order valence-electron chi connectivity index (χ4n) is 2.50. The second-order valence-electron chi connectivity index (χ2n) is 5.72. The topological polar surface area (TPSA) is 142 Å². The Kier molecular flexibility index (Phi) is 4.60. The van der Waals surface area contributed by atoms with E-state index in [9.17, 15) is 28.2 Å². The Morgan fingerprint density at radius 3 is 2.41 bits per heavy atom. The summed E-state index contributed by atoms with van der Waals surface area (Å²) in [6, 6.07) is 11.0. The Morgan fingerprint density at radius 2 is 1.74 bits per heavy atom. The van der Waals surface area contributed by atoms with Crippen LogP contribution in [0.4, 0.5) is 17.1 Å². The standard InChI is InChI=1S/C17H13N3O6S/c1-10-2-5-12(8-15(10)20(22)23)18-19-17-14-9-13(27(24,25)26)6-3-11(14)4-7-16(17)21/h2-9,21H,1H3,(H,24,25,26). The lowest BCUT2D eigenvalue weighted by Crippen LogP contribution is -1.97. The van der Waals surface area contributed by atoms with E-state index in [0.717, 1.165) is 6.07 Å². The molecule has 9 nitrogen and oxygen atoms in total. The largest absolute Gasteiger partial charge is 0.506 e. The maximum Gasteiger partial charge on any atom is 0.294 e. The molecule has 0 aliphatic rings. The van der Waals surface area contributed by atoms with E-state index in [2.05, 4.69) is 10.2 Å². The van der Waals surface area contributed by atoms with Gasteiger partial charge in [0.05, 0.1) is 15.5 Å². The second kappa shape index (κ2) is 6.74. The van der Waals surface area contributed by atoms with Crippen molar-refractivity contribution >= 4 is 38.0 Å². The van der Waals surface area contributed by atoms with Crippen LogP contribution in [0, 0.1) is 17.0 Å². The van der Waals surface area contributed by atoms with Crippen molar-refractivity contribution in [3.63, 3.8) is 0 Å². The highest BCUT2D eigenvalue weighted by molar-refractivity contribution is 7.85. The Hall–Kier alpha value is -3.37. The molecule has 0 atom stereocenters. The molecule has 0 radical (unpaired) electrons. The van der Waals surface area contributed by atoms with Crippen LogP contribution in [0.3, 0.4) is 0 Å². The van der Waals surface area contributed by atoms with Crippen LogP contribution in [0.2, 0.25) is 0 Å². The van der Waals surface area contributed by atoms with Crippen LogP contribution >= 0.6 is 0 Å². The van der Waals surface area contributed by atoms with Crippen LogP contribution in [-0.4, -0.2) is 23.0 Å². The minimum absolute atomic E-state index is 0.0266. The molecule has 3 aromatic rings. The zero-order chi connectivity index (χ0) is 19.8. The summed E-state index contributed by atoms with van der Waals surface area (Å²) < 4.78 is 31.9. The first-order chi connectivity index (χ1) is 12.7. The Balaban J connectivity index is 2.14. The molecule has 0 unspecified atom stereocenters. The quantitative estimate of drug-likeness (QED) is 0.293. The first-order valence-electron chi connectivity index (χ1n) is 7.57. The first-order valence-corrected chi connectivity index (χ1v) is 9.01. The summed E-state index contributed by atoms with van der Waals surface area (Å²) in [5.41, 5.74) is 0.503. The van der Waals surface area contributed by atoms with Crippen molar-refractivity contribution in [2.75, 3.05) is 0 Å². The second-order valence-corrected chi connectivity index (χ2v) is 7.14. The van der Waals surface area contributed by atoms with Gasteiger partial charge in [-0.15, -0.1) is 5.11 Å². The molecule has 2 N–H and O–H groups in total. The molecule has 27 heavy (non-hydrogen) atoms. The van der Waals surface area contributed by atoms with Gasteiger partial charge in [-0.2, -0.15) is 13.5 Å². The van der Waals surface area contributed by atoms with Gasteiger partial charge in [0.2, 0.25) is 0 Å². The number of fused-ring (bicyclic) bond motifs is 1. The van der Waals surface area contributed by atoms with Gasteiger partial charge in [-0.3, -0.25) is 14.7 Å². The van der Waals surface area contributed by atoms with Gasteiger partial charge in [0, 0.05) is 17.0 Å². The predicted molar refractivity (Wildman–Crippen MR) is 97.4 cm³/mol. The lowest BCUT2D eigenvalue weighted by Gasteiger charge is -2.06. The molecule has 0 fully saturated rings. The molecule has 0 saturated carbocycles. The summed E-state index contributed by atoms with van der Waals surface area (Å²) in [5, 5.41) is 29.8. The van der Waals surface area contributed by atoms with Crippen molar-refractivity contribution in [1.29, 1.82) is 0 Å². The third-order valence-corrected chi connectivity index (χ3v) is 4.75. The number of nitro benzene ring substituents is 1. The molecular weight excluding hydrogens is 374 g/mol. The lowest BCUT2D eigenvalue weighted by atomic mass is 10.1. The zero-order valence-corrected chi connectivity index (χ0v) is 14.7. The van der Waals surface area contributed by atoms with E-state index >= 15 is 0 Å². The minimum Gasteiger partial charge on any atom is -0.506 e. The number of hydrogen-bond acceptors (Lipinski definition) is 7. The number of benzene rings is 3. The van der Waals surface area contributed by atoms with E-state index in [4.69, 9.17) is 0 Å². The number of nitro groups is 1. The van der Waals surface area contributed by atoms with Crippen molar-refractivity contribution in [3.8, 4) is 5.75 Å². The molecule has 0 spiro atoms. The number of aryl methyl sites for hydroxylation is 1. The molecule has 0 aliphatic heterocycles. The van der Waals surface area contributed by atoms with Crippen LogP contribution < -0.4 is 0 Å². The monoisotopic (exact) mass is 387 g/mol. The van der Waals surface area contributed by atoms with Gasteiger partial charge in [-0.1, -0.05) is 18.2 Å². The van der Waals surface area contributed by atoms with Crippen molar-refractivity contribution in [2.24, 2.45) is 10.2 Å². The highest BCUT2D eigenvalue weighted by Crippen LogP contribution is 2.37. The number of phenols is 1. The van der Waals surface area contributed by atoms with E-state index in [-0.39, 0.29) is 33.1 Å². The summed E-state index contributed by atoms with van der Waals surface area (Å²) >= 11 is 0. The van der Waals surface area contributed by atoms with Crippen LogP contribution in [0.5, 0.6) is 5.75 Å². The summed E-state index contributed by atoms with van der Waals surface area (Å²) in [7, 11) is -4.44. The smallest absolute Gasteiger partial charge is 0.294 e. The van der Waals surface area contributed by atoms with Crippen LogP contribution in [-0.2, 0) is 10.1 Å². The van der Waals surface area contributed by atoms with E-state index in [1.807, 2.05) is 0 Å². The predicted octanol–water partition coefficient (Wildman–Crippen LogP) is 4.42. The van der Waals surface area contributed by atoms with Gasteiger partial charge in [-0.05, 0) is 36.6 Å². The van der Waals surface area contributed by atoms with E-state index in [0.29, 0.717) is 10.9 Å². The molecule has 0 amide bonds. The number of nitrogens with zero attached hydrogens (tertiary/aromatic N) is 3. The third-order valence-electron chi connectivity index (χ3n) is 3.90.